The number of piperazine rings is 1. The van der Waals surface area contributed by atoms with E-state index in [0.717, 1.165) is 19.2 Å². The van der Waals surface area contributed by atoms with Gasteiger partial charge in [-0.2, -0.15) is 0 Å². The first-order chi connectivity index (χ1) is 14.0. The van der Waals surface area contributed by atoms with Crippen LogP contribution in [0.4, 0.5) is 10.1 Å². The van der Waals surface area contributed by atoms with Gasteiger partial charge in [0.25, 0.3) is 0 Å². The number of hydrogen-bond donors (Lipinski definition) is 2. The Morgan fingerprint density at radius 3 is 2.48 bits per heavy atom. The van der Waals surface area contributed by atoms with E-state index in [1.807, 2.05) is 4.90 Å². The van der Waals surface area contributed by atoms with E-state index >= 15 is 0 Å². The van der Waals surface area contributed by atoms with Gasteiger partial charge < -0.3 is 24.6 Å². The molecule has 0 spiro atoms. The number of carboxylic acid groups (broad SMARTS) is 1. The van der Waals surface area contributed by atoms with Gasteiger partial charge in [0, 0.05) is 43.4 Å². The molecule has 7 nitrogen and oxygen atoms in total. The van der Waals surface area contributed by atoms with Crippen LogP contribution >= 0.6 is 0 Å². The smallest absolute Gasteiger partial charge is 0.341 e. The SMILES string of the molecule is COc1ccc(-n2cc(C(=O)O)c(=O)c3cc(F)c(N4CCNCC4)cc32)cc1. The zero-order valence-electron chi connectivity index (χ0n) is 15.8. The summed E-state index contributed by atoms with van der Waals surface area (Å²) < 4.78 is 21.6. The first-order valence-electron chi connectivity index (χ1n) is 9.22. The van der Waals surface area contributed by atoms with Gasteiger partial charge in [0.2, 0.25) is 5.43 Å². The monoisotopic (exact) mass is 397 g/mol. The van der Waals surface area contributed by atoms with Crippen molar-refractivity contribution in [2.24, 2.45) is 0 Å². The summed E-state index contributed by atoms with van der Waals surface area (Å²) in [6.45, 7) is 2.76. The molecular weight excluding hydrogens is 377 g/mol. The Morgan fingerprint density at radius 2 is 1.86 bits per heavy atom. The molecule has 150 valence electrons. The van der Waals surface area contributed by atoms with Crippen molar-refractivity contribution in [2.45, 2.75) is 0 Å². The number of hydrogen-bond acceptors (Lipinski definition) is 5. The molecule has 1 aliphatic rings. The Kier molecular flexibility index (Phi) is 4.94. The predicted octanol–water partition coefficient (Wildman–Crippen LogP) is 2.25. The van der Waals surface area contributed by atoms with Crippen molar-refractivity contribution in [3.63, 3.8) is 0 Å². The van der Waals surface area contributed by atoms with E-state index in [1.165, 1.54) is 6.20 Å². The number of fused-ring (bicyclic) bond motifs is 1. The number of nitrogens with one attached hydrogen (secondary N) is 1. The van der Waals surface area contributed by atoms with Crippen LogP contribution in [0, 0.1) is 5.82 Å². The van der Waals surface area contributed by atoms with Crippen molar-refractivity contribution < 1.29 is 19.0 Å². The van der Waals surface area contributed by atoms with Crippen molar-refractivity contribution in [1.82, 2.24) is 9.88 Å². The molecular formula is C21H20FN3O4. The average molecular weight is 397 g/mol. The lowest BCUT2D eigenvalue weighted by atomic mass is 10.1. The van der Waals surface area contributed by atoms with Gasteiger partial charge in [-0.1, -0.05) is 0 Å². The lowest BCUT2D eigenvalue weighted by Gasteiger charge is -2.30. The minimum absolute atomic E-state index is 0.0251. The number of aromatic nitrogens is 1. The van der Waals surface area contributed by atoms with Gasteiger partial charge in [-0.15, -0.1) is 0 Å². The molecule has 2 N–H and O–H groups in total. The summed E-state index contributed by atoms with van der Waals surface area (Å²) in [5.74, 6) is -1.25. The standard InChI is InChI=1S/C21H20FN3O4/c1-29-14-4-2-13(3-5-14)25-12-16(21(27)28)20(26)15-10-17(22)19(11-18(15)25)24-8-6-23-7-9-24/h2-5,10-12,23H,6-9H2,1H3,(H,27,28). The maximum absolute atomic E-state index is 14.9. The van der Waals surface area contributed by atoms with Crippen LogP contribution < -0.4 is 20.4 Å². The van der Waals surface area contributed by atoms with Crippen LogP contribution in [0.3, 0.4) is 0 Å². The highest BCUT2D eigenvalue weighted by atomic mass is 19.1. The molecule has 0 atom stereocenters. The molecule has 0 unspecified atom stereocenters. The summed E-state index contributed by atoms with van der Waals surface area (Å²) in [5, 5.41) is 12.7. The number of halogens is 1. The molecule has 0 radical (unpaired) electrons. The number of nitrogens with zero attached hydrogens (tertiary/aromatic N) is 2. The number of carbonyl (C=O) groups is 1. The molecule has 8 heteroatoms. The van der Waals surface area contributed by atoms with Crippen LogP contribution in [-0.4, -0.2) is 48.9 Å². The second-order valence-electron chi connectivity index (χ2n) is 6.80. The molecule has 3 aromatic rings. The highest BCUT2D eigenvalue weighted by molar-refractivity contribution is 5.94. The molecule has 1 aromatic heterocycles. The number of ether oxygens (including phenoxy) is 1. The largest absolute Gasteiger partial charge is 0.497 e. The molecule has 0 amide bonds. The first kappa shape index (κ1) is 18.9. The molecule has 2 heterocycles. The van der Waals surface area contributed by atoms with Crippen LogP contribution in [0.5, 0.6) is 5.75 Å². The molecule has 1 fully saturated rings. The molecule has 1 saturated heterocycles. The predicted molar refractivity (Wildman–Crippen MR) is 108 cm³/mol. The van der Waals surface area contributed by atoms with E-state index in [9.17, 15) is 19.1 Å². The third-order valence-electron chi connectivity index (χ3n) is 5.11. The number of aromatic carboxylic acids is 1. The second-order valence-corrected chi connectivity index (χ2v) is 6.80. The molecule has 0 bridgehead atoms. The minimum atomic E-state index is -1.36. The van der Waals surface area contributed by atoms with Crippen LogP contribution in [0.15, 0.2) is 47.4 Å². The molecule has 1 aliphatic heterocycles. The van der Waals surface area contributed by atoms with E-state index in [1.54, 1.807) is 42.0 Å². The van der Waals surface area contributed by atoms with E-state index in [2.05, 4.69) is 5.32 Å². The van der Waals surface area contributed by atoms with Crippen molar-refractivity contribution in [3.05, 3.63) is 64.2 Å². The fourth-order valence-electron chi connectivity index (χ4n) is 3.59. The number of pyridine rings is 1. The van der Waals surface area contributed by atoms with Crippen molar-refractivity contribution in [2.75, 3.05) is 38.2 Å². The van der Waals surface area contributed by atoms with Crippen molar-refractivity contribution in [1.29, 1.82) is 0 Å². The lowest BCUT2D eigenvalue weighted by Crippen LogP contribution is -2.43. The molecule has 29 heavy (non-hydrogen) atoms. The number of methoxy groups -OCH3 is 1. The molecule has 0 saturated carbocycles. The first-order valence-corrected chi connectivity index (χ1v) is 9.22. The van der Waals surface area contributed by atoms with Crippen LogP contribution in [0.1, 0.15) is 10.4 Å². The number of benzene rings is 2. The Balaban J connectivity index is 1.99. The van der Waals surface area contributed by atoms with Gasteiger partial charge in [0.1, 0.15) is 17.1 Å². The Morgan fingerprint density at radius 1 is 1.17 bits per heavy atom. The average Bonchev–Trinajstić information content (AvgIpc) is 2.74. The second kappa shape index (κ2) is 7.56. The topological polar surface area (TPSA) is 83.8 Å². The van der Waals surface area contributed by atoms with Gasteiger partial charge >= 0.3 is 5.97 Å². The summed E-state index contributed by atoms with van der Waals surface area (Å²) in [6, 6.07) is 9.74. The summed E-state index contributed by atoms with van der Waals surface area (Å²) in [6.07, 6.45) is 1.29. The van der Waals surface area contributed by atoms with E-state index in [4.69, 9.17) is 4.74 Å². The maximum Gasteiger partial charge on any atom is 0.341 e. The zero-order valence-corrected chi connectivity index (χ0v) is 15.8. The lowest BCUT2D eigenvalue weighted by molar-refractivity contribution is 0.0695. The van der Waals surface area contributed by atoms with Gasteiger partial charge in [-0.25, -0.2) is 9.18 Å². The summed E-state index contributed by atoms with van der Waals surface area (Å²) in [5.41, 5.74) is 0.352. The number of rotatable bonds is 4. The third kappa shape index (κ3) is 3.42. The molecule has 4 rings (SSSR count). The summed E-state index contributed by atoms with van der Waals surface area (Å²) in [4.78, 5) is 26.2. The minimum Gasteiger partial charge on any atom is -0.497 e. The van der Waals surface area contributed by atoms with Crippen molar-refractivity contribution >= 4 is 22.6 Å². The van der Waals surface area contributed by atoms with E-state index in [-0.39, 0.29) is 5.39 Å². The van der Waals surface area contributed by atoms with E-state index in [0.29, 0.717) is 35.7 Å². The Bertz CT molecular complexity index is 1140. The highest BCUT2D eigenvalue weighted by Gasteiger charge is 2.21. The fourth-order valence-corrected chi connectivity index (χ4v) is 3.59. The molecule has 0 aliphatic carbocycles. The van der Waals surface area contributed by atoms with Crippen LogP contribution in [0.25, 0.3) is 16.6 Å². The molecule has 2 aromatic carbocycles. The third-order valence-corrected chi connectivity index (χ3v) is 5.11. The summed E-state index contributed by atoms with van der Waals surface area (Å²) in [7, 11) is 1.55. The van der Waals surface area contributed by atoms with Crippen LogP contribution in [-0.2, 0) is 0 Å². The van der Waals surface area contributed by atoms with Gasteiger partial charge in [-0.05, 0) is 36.4 Å². The van der Waals surface area contributed by atoms with Gasteiger partial charge in [0.05, 0.1) is 18.3 Å². The highest BCUT2D eigenvalue weighted by Crippen LogP contribution is 2.28. The van der Waals surface area contributed by atoms with E-state index < -0.39 is 22.8 Å². The van der Waals surface area contributed by atoms with Gasteiger partial charge in [0.15, 0.2) is 0 Å². The maximum atomic E-state index is 14.9. The number of carboxylic acids is 1. The Hall–Kier alpha value is -3.39. The van der Waals surface area contributed by atoms with Crippen LogP contribution in [0.2, 0.25) is 0 Å². The van der Waals surface area contributed by atoms with Crippen molar-refractivity contribution in [3.8, 4) is 11.4 Å². The Labute approximate surface area is 165 Å². The quantitative estimate of drug-likeness (QED) is 0.703. The van der Waals surface area contributed by atoms with Gasteiger partial charge in [-0.3, -0.25) is 4.79 Å². The normalized spacial score (nSPS) is 14.2. The number of anilines is 1. The fraction of sp³-hybridized carbons (Fsp3) is 0.238. The zero-order chi connectivity index (χ0) is 20.5. The summed E-state index contributed by atoms with van der Waals surface area (Å²) >= 11 is 0.